The third-order valence-electron chi connectivity index (χ3n) is 18.8. The van der Waals surface area contributed by atoms with Gasteiger partial charge in [0.15, 0.2) is 0 Å². The van der Waals surface area contributed by atoms with Crippen molar-refractivity contribution >= 4 is 101 Å². The molecule has 0 saturated heterocycles. The van der Waals surface area contributed by atoms with E-state index in [1.807, 2.05) is 0 Å². The molecule has 0 heterocycles. The Morgan fingerprint density at radius 1 is 0.365 bits per heavy atom. The quantitative estimate of drug-likeness (QED) is 0.0275. The Balaban J connectivity index is 2.43. The monoisotopic (exact) mass is 1620 g/mol. The van der Waals surface area contributed by atoms with Crippen LogP contribution in [0.2, 0.25) is 0 Å². The molecule has 0 aliphatic carbocycles. The number of primary amides is 2. The number of aromatic hydroxyl groups is 1. The summed E-state index contributed by atoms with van der Waals surface area (Å²) in [6.07, 6.45) is 0.167. The van der Waals surface area contributed by atoms with Gasteiger partial charge in [-0.05, 0) is 165 Å². The van der Waals surface area contributed by atoms with Gasteiger partial charge in [-0.1, -0.05) is 83.0 Å². The van der Waals surface area contributed by atoms with Crippen molar-refractivity contribution in [2.45, 2.75) is 249 Å². The zero-order valence-corrected chi connectivity index (χ0v) is 66.4. The van der Waals surface area contributed by atoms with Crippen LogP contribution in [0.1, 0.15) is 168 Å². The maximum absolute atomic E-state index is 14.6. The molecule has 2 rings (SSSR count). The van der Waals surface area contributed by atoms with Crippen LogP contribution in [0.3, 0.4) is 0 Å². The number of hydrogen-bond donors (Lipinski definition) is 23. The van der Waals surface area contributed by atoms with Gasteiger partial charge in [0.2, 0.25) is 88.6 Å². The van der Waals surface area contributed by atoms with Crippen LogP contribution in [0.5, 0.6) is 5.75 Å². The second-order valence-electron chi connectivity index (χ2n) is 28.4. The summed E-state index contributed by atoms with van der Waals surface area (Å²) in [7, 11) is 0. The van der Waals surface area contributed by atoms with Gasteiger partial charge in [-0.15, -0.1) is 0 Å². The number of carboxylic acid groups (broad SMARTS) is 2. The summed E-state index contributed by atoms with van der Waals surface area (Å²) in [5.74, 6) is -18.7. The lowest BCUT2D eigenvalue weighted by molar-refractivity contribution is -0.143. The number of phenolic OH excluding ortho intramolecular Hbond substituents is 1. The molecule has 642 valence electrons. The van der Waals surface area contributed by atoms with Gasteiger partial charge in [-0.25, -0.2) is 4.79 Å². The zero-order valence-electron chi connectivity index (χ0n) is 66.4. The Morgan fingerprint density at radius 3 is 1.11 bits per heavy atom. The summed E-state index contributed by atoms with van der Waals surface area (Å²) < 4.78 is 0. The fourth-order valence-electron chi connectivity index (χ4n) is 11.6. The van der Waals surface area contributed by atoms with Gasteiger partial charge in [0.25, 0.3) is 0 Å². The first-order valence-electron chi connectivity index (χ1n) is 38.7. The molecule has 40 nitrogen and oxygen atoms in total. The lowest BCUT2D eigenvalue weighted by atomic mass is 9.94. The van der Waals surface area contributed by atoms with E-state index in [-0.39, 0.29) is 103 Å². The van der Waals surface area contributed by atoms with Gasteiger partial charge in [0.1, 0.15) is 78.3 Å². The lowest BCUT2D eigenvalue weighted by Crippen LogP contribution is -2.62. The van der Waals surface area contributed by atoms with Crippen LogP contribution in [-0.4, -0.2) is 227 Å². The largest absolute Gasteiger partial charge is 0.508 e. The van der Waals surface area contributed by atoms with Crippen molar-refractivity contribution in [3.8, 4) is 5.75 Å². The van der Waals surface area contributed by atoms with Gasteiger partial charge in [0, 0.05) is 12.8 Å². The molecule has 15 atom stereocenters. The Hall–Kier alpha value is -11.0. The van der Waals surface area contributed by atoms with Crippen molar-refractivity contribution in [1.82, 2.24) is 69.1 Å². The Kier molecular flexibility index (Phi) is 46.9. The minimum Gasteiger partial charge on any atom is -0.508 e. The lowest BCUT2D eigenvalue weighted by Gasteiger charge is -2.31. The average Bonchev–Trinajstić information content (AvgIpc) is 0.732. The maximum atomic E-state index is 14.6. The summed E-state index contributed by atoms with van der Waals surface area (Å²) in [4.78, 5) is 230. The minimum atomic E-state index is -1.83. The maximum Gasteiger partial charge on any atom is 0.326 e. The third-order valence-corrected chi connectivity index (χ3v) is 18.8. The molecule has 0 spiro atoms. The van der Waals surface area contributed by atoms with Gasteiger partial charge in [-0.3, -0.25) is 76.7 Å². The Morgan fingerprint density at radius 2 is 0.713 bits per heavy atom. The third kappa shape index (κ3) is 38.6. The van der Waals surface area contributed by atoms with Crippen LogP contribution in [0.15, 0.2) is 54.6 Å². The SMILES string of the molecule is CC[C@H](C)[C@H](NC(=O)[C@H](C)NC(=O)[C@H](CC(N)=O)NC(=O)[C@H](CCCCN)NC(=O)[C@@H](N)Cc1ccccc1)C(=O)N[C@H](C(=O)N[C@@H](CCCCN)C(=O)N[C@@H](CC(N)=O)C(=O)N[C@@H](C)C(=O)N[C@@H](Cc1ccc(O)cc1)C(=O)N[C@@H](CCCCN)C(=O)N[C@@H](CCCCN)C(=O)NCC(=O)N[C@@H](CCC(=O)O)C(=O)O)[C@@H](C)CC. The highest BCUT2D eigenvalue weighted by atomic mass is 16.4. The van der Waals surface area contributed by atoms with Crippen LogP contribution in [-0.2, 0) is 94.3 Å². The average molecular weight is 1620 g/mol. The molecule has 30 N–H and O–H groups in total. The van der Waals surface area contributed by atoms with Crippen molar-refractivity contribution in [1.29, 1.82) is 0 Å². The number of rotatable bonds is 58. The van der Waals surface area contributed by atoms with E-state index in [2.05, 4.69) is 69.1 Å². The van der Waals surface area contributed by atoms with Gasteiger partial charge in [0.05, 0.1) is 25.4 Å². The number of nitrogens with two attached hydrogens (primary N) is 7. The van der Waals surface area contributed by atoms with Crippen molar-refractivity contribution < 1.29 is 96.8 Å². The number of aliphatic carboxylic acids is 2. The normalized spacial score (nSPS) is 15.0. The van der Waals surface area contributed by atoms with Crippen molar-refractivity contribution in [3.63, 3.8) is 0 Å². The van der Waals surface area contributed by atoms with Crippen LogP contribution in [0.25, 0.3) is 0 Å². The molecular formula is C75H122N20O20. The number of unbranched alkanes of at least 4 members (excludes halogenated alkanes) is 4. The highest BCUT2D eigenvalue weighted by molar-refractivity contribution is 6.01. The Labute approximate surface area is 668 Å². The number of amides is 15. The van der Waals surface area contributed by atoms with Gasteiger partial charge < -0.3 is 125 Å². The molecule has 0 bridgehead atoms. The first kappa shape index (κ1) is 100. The van der Waals surface area contributed by atoms with Crippen LogP contribution in [0, 0.1) is 11.8 Å². The summed E-state index contributed by atoms with van der Waals surface area (Å²) in [5, 5.41) is 61.1. The predicted molar refractivity (Wildman–Crippen MR) is 420 cm³/mol. The van der Waals surface area contributed by atoms with E-state index in [0.29, 0.717) is 37.7 Å². The fraction of sp³-hybridized carbons (Fsp3) is 0.613. The first-order valence-corrected chi connectivity index (χ1v) is 38.7. The molecule has 2 aromatic carbocycles. The molecule has 2 aromatic rings. The van der Waals surface area contributed by atoms with E-state index in [1.54, 1.807) is 58.0 Å². The molecule has 0 radical (unpaired) electrons. The number of carbonyl (C=O) groups is 17. The van der Waals surface area contributed by atoms with E-state index >= 15 is 0 Å². The van der Waals surface area contributed by atoms with Gasteiger partial charge in [-0.2, -0.15) is 0 Å². The molecule has 0 aliphatic rings. The van der Waals surface area contributed by atoms with E-state index in [0.717, 1.165) is 5.56 Å². The van der Waals surface area contributed by atoms with Gasteiger partial charge >= 0.3 is 11.9 Å². The van der Waals surface area contributed by atoms with Crippen LogP contribution >= 0.6 is 0 Å². The van der Waals surface area contributed by atoms with Crippen molar-refractivity contribution in [2.24, 2.45) is 52.0 Å². The fourth-order valence-corrected chi connectivity index (χ4v) is 11.6. The second kappa shape index (κ2) is 53.9. The molecule has 0 aromatic heterocycles. The molecular weight excluding hydrogens is 1500 g/mol. The number of carbonyl (C=O) groups excluding carboxylic acids is 15. The summed E-state index contributed by atoms with van der Waals surface area (Å²) in [5.41, 5.74) is 41.4. The van der Waals surface area contributed by atoms with Crippen LogP contribution < -0.4 is 109 Å². The van der Waals surface area contributed by atoms with Crippen LogP contribution in [0.4, 0.5) is 0 Å². The molecule has 0 saturated carbocycles. The smallest absolute Gasteiger partial charge is 0.326 e. The zero-order chi connectivity index (χ0) is 86.4. The van der Waals surface area contributed by atoms with E-state index in [4.69, 9.17) is 45.2 Å². The van der Waals surface area contributed by atoms with E-state index < -0.39 is 223 Å². The number of nitrogens with one attached hydrogen (secondary N) is 13. The van der Waals surface area contributed by atoms with Crippen molar-refractivity contribution in [2.75, 3.05) is 32.7 Å². The number of hydrogen-bond acceptors (Lipinski definition) is 23. The molecule has 40 heteroatoms. The standard InChI is InChI=1S/C75H122N20O20/c1-7-41(3)61(95-74(113)62(42(4)8-2)94-64(103)44(6)85-71(110)56(39-58(82)98)92-68(107)50(23-13-17-33-77)87-65(104)48(80)36-45-20-10-9-11-21-45)73(112)90-52(25-15-19-35-79)69(108)93-55(38-57(81)97)70(109)84-43(5)63(102)91-54(37-46-26-28-47(96)29-27-46)72(111)89-51(24-14-18-34-78)67(106)88-49(22-12-16-32-76)66(105)83-40-59(99)86-53(75(114)115)30-31-60(100)101/h9-11,20-21,26-29,41-44,48-56,61-62,96H,7-8,12-19,22-25,30-40,76-80H2,1-6H3,(H2,81,97)(H2,82,98)(H,83,105)(H,84,109)(H,85,110)(H,86,99)(H,87,104)(H,88,106)(H,89,111)(H,90,112)(H,91,102)(H,92,107)(H,93,108)(H,94,103)(H,95,113)(H,100,101)(H,114,115)/t41-,42-,43-,44-,48-,49-,50-,51-,52-,53-,54-,55-,56-,61-,62-/m0/s1. The number of benzene rings is 2. The molecule has 115 heavy (non-hydrogen) atoms. The topological polar surface area (TPSA) is 689 Å². The van der Waals surface area contributed by atoms with E-state index in [1.165, 1.54) is 38.1 Å². The number of phenols is 1. The summed E-state index contributed by atoms with van der Waals surface area (Å²) in [6.45, 7) is 9.12. The van der Waals surface area contributed by atoms with E-state index in [9.17, 15) is 91.7 Å². The summed E-state index contributed by atoms with van der Waals surface area (Å²) in [6, 6.07) is -4.80. The molecule has 0 fully saturated rings. The van der Waals surface area contributed by atoms with Crippen molar-refractivity contribution in [3.05, 3.63) is 65.7 Å². The molecule has 0 aliphatic heterocycles. The number of carboxylic acids is 2. The summed E-state index contributed by atoms with van der Waals surface area (Å²) >= 11 is 0. The molecule has 15 amide bonds. The minimum absolute atomic E-state index is 0.0360. The first-order chi connectivity index (χ1) is 54.4. The highest BCUT2D eigenvalue weighted by Gasteiger charge is 2.39. The second-order valence-corrected chi connectivity index (χ2v) is 28.4. The predicted octanol–water partition coefficient (Wildman–Crippen LogP) is -5.21. The Bertz CT molecular complexity index is 3540. The molecule has 0 unspecified atom stereocenters. The highest BCUT2D eigenvalue weighted by Crippen LogP contribution is 2.17.